The lowest BCUT2D eigenvalue weighted by atomic mass is 9.97. The van der Waals surface area contributed by atoms with Crippen LogP contribution in [0, 0.1) is 11.8 Å². The van der Waals surface area contributed by atoms with Gasteiger partial charge < -0.3 is 21.3 Å². The minimum absolute atomic E-state index is 0.0561. The number of rotatable bonds is 4. The molecule has 1 heterocycles. The number of amides is 4. The zero-order valence-corrected chi connectivity index (χ0v) is 13.5. The Labute approximate surface area is 140 Å². The molecule has 1 aromatic carbocycles. The van der Waals surface area contributed by atoms with Gasteiger partial charge in [0.1, 0.15) is 0 Å². The van der Waals surface area contributed by atoms with Gasteiger partial charge in [-0.3, -0.25) is 9.59 Å². The minimum atomic E-state index is -0.483. The van der Waals surface area contributed by atoms with Crippen molar-refractivity contribution in [1.29, 1.82) is 0 Å². The molecule has 1 saturated heterocycles. The van der Waals surface area contributed by atoms with Gasteiger partial charge in [0.05, 0.1) is 5.92 Å². The summed E-state index contributed by atoms with van der Waals surface area (Å²) in [7, 11) is 0. The van der Waals surface area contributed by atoms with Gasteiger partial charge in [0.2, 0.25) is 11.8 Å². The summed E-state index contributed by atoms with van der Waals surface area (Å²) in [5, 5.41) is 5.71. The van der Waals surface area contributed by atoms with E-state index in [0.29, 0.717) is 18.8 Å². The third-order valence-corrected chi connectivity index (χ3v) is 4.47. The molecule has 128 valence electrons. The molecule has 0 spiro atoms. The Bertz CT molecular complexity index is 640. The van der Waals surface area contributed by atoms with E-state index in [9.17, 15) is 14.4 Å². The van der Waals surface area contributed by atoms with Gasteiger partial charge in [0.15, 0.2) is 0 Å². The molecular weight excluding hydrogens is 308 g/mol. The third kappa shape index (κ3) is 4.04. The summed E-state index contributed by atoms with van der Waals surface area (Å²) in [5.41, 5.74) is 6.68. The SMILES string of the molecule is NC(=O)N1CCC[C@H](C(=O)Nc2ccc(NC(=O)C3CC3)cc2)C1. The molecule has 0 bridgehead atoms. The fraction of sp³-hybridized carbons (Fsp3) is 0.471. The number of urea groups is 1. The van der Waals surface area contributed by atoms with Crippen molar-refractivity contribution >= 4 is 29.2 Å². The van der Waals surface area contributed by atoms with E-state index in [1.807, 2.05) is 0 Å². The van der Waals surface area contributed by atoms with Crippen LogP contribution in [0.2, 0.25) is 0 Å². The molecule has 1 aliphatic heterocycles. The number of likely N-dealkylation sites (tertiary alicyclic amines) is 1. The first-order chi connectivity index (χ1) is 11.5. The summed E-state index contributed by atoms with van der Waals surface area (Å²) in [6, 6.07) is 6.58. The van der Waals surface area contributed by atoms with Crippen molar-refractivity contribution in [1.82, 2.24) is 4.90 Å². The number of hydrogen-bond acceptors (Lipinski definition) is 3. The van der Waals surface area contributed by atoms with E-state index in [1.165, 1.54) is 4.90 Å². The molecule has 1 atom stereocenters. The summed E-state index contributed by atoms with van der Waals surface area (Å²) >= 11 is 0. The highest BCUT2D eigenvalue weighted by molar-refractivity contribution is 5.95. The number of nitrogens with zero attached hydrogens (tertiary/aromatic N) is 1. The van der Waals surface area contributed by atoms with Crippen molar-refractivity contribution in [3.63, 3.8) is 0 Å². The molecule has 1 saturated carbocycles. The van der Waals surface area contributed by atoms with Crippen molar-refractivity contribution in [2.24, 2.45) is 17.6 Å². The molecule has 7 nitrogen and oxygen atoms in total. The summed E-state index contributed by atoms with van der Waals surface area (Å²) in [6.45, 7) is 0.963. The molecule has 1 aromatic rings. The van der Waals surface area contributed by atoms with E-state index in [2.05, 4.69) is 10.6 Å². The lowest BCUT2D eigenvalue weighted by molar-refractivity contribution is -0.121. The zero-order chi connectivity index (χ0) is 17.1. The summed E-state index contributed by atoms with van der Waals surface area (Å²) < 4.78 is 0. The van der Waals surface area contributed by atoms with Crippen molar-refractivity contribution in [3.8, 4) is 0 Å². The van der Waals surface area contributed by atoms with Crippen molar-refractivity contribution in [2.45, 2.75) is 25.7 Å². The molecule has 0 unspecified atom stereocenters. The predicted molar refractivity (Wildman–Crippen MR) is 90.3 cm³/mol. The molecule has 4 N–H and O–H groups in total. The quantitative estimate of drug-likeness (QED) is 0.783. The predicted octanol–water partition coefficient (Wildman–Crippen LogP) is 1.76. The highest BCUT2D eigenvalue weighted by atomic mass is 16.2. The Balaban J connectivity index is 1.54. The number of primary amides is 1. The van der Waals surface area contributed by atoms with Gasteiger partial charge in [0, 0.05) is 30.4 Å². The molecule has 1 aliphatic carbocycles. The van der Waals surface area contributed by atoms with E-state index in [-0.39, 0.29) is 23.7 Å². The smallest absolute Gasteiger partial charge is 0.314 e. The van der Waals surface area contributed by atoms with Crippen LogP contribution >= 0.6 is 0 Å². The Kier molecular flexibility index (Phi) is 4.69. The molecule has 24 heavy (non-hydrogen) atoms. The van der Waals surface area contributed by atoms with Crippen LogP contribution in [0.4, 0.5) is 16.2 Å². The van der Waals surface area contributed by atoms with Crippen molar-refractivity contribution in [3.05, 3.63) is 24.3 Å². The Morgan fingerprint density at radius 1 is 0.917 bits per heavy atom. The van der Waals surface area contributed by atoms with E-state index in [4.69, 9.17) is 5.73 Å². The van der Waals surface area contributed by atoms with Gasteiger partial charge in [-0.2, -0.15) is 0 Å². The fourth-order valence-corrected chi connectivity index (χ4v) is 2.86. The van der Waals surface area contributed by atoms with Crippen LogP contribution in [0.25, 0.3) is 0 Å². The number of anilines is 2. The van der Waals surface area contributed by atoms with Crippen molar-refractivity contribution in [2.75, 3.05) is 23.7 Å². The highest BCUT2D eigenvalue weighted by Crippen LogP contribution is 2.30. The molecule has 2 fully saturated rings. The Morgan fingerprint density at radius 2 is 1.46 bits per heavy atom. The van der Waals surface area contributed by atoms with Crippen LogP contribution in [-0.2, 0) is 9.59 Å². The van der Waals surface area contributed by atoms with Crippen LogP contribution in [-0.4, -0.2) is 35.8 Å². The van der Waals surface area contributed by atoms with Crippen LogP contribution in [0.1, 0.15) is 25.7 Å². The number of piperidine rings is 1. The van der Waals surface area contributed by atoms with E-state index in [0.717, 1.165) is 31.4 Å². The molecule has 3 rings (SSSR count). The van der Waals surface area contributed by atoms with Gasteiger partial charge in [-0.25, -0.2) is 4.79 Å². The summed E-state index contributed by atoms with van der Waals surface area (Å²) in [6.07, 6.45) is 3.44. The second kappa shape index (κ2) is 6.90. The molecule has 4 amide bonds. The van der Waals surface area contributed by atoms with Gasteiger partial charge in [0.25, 0.3) is 0 Å². The lowest BCUT2D eigenvalue weighted by Gasteiger charge is -2.30. The average molecular weight is 330 g/mol. The van der Waals surface area contributed by atoms with Gasteiger partial charge in [-0.1, -0.05) is 0 Å². The maximum absolute atomic E-state index is 12.3. The first-order valence-electron chi connectivity index (χ1n) is 8.29. The molecule has 0 aromatic heterocycles. The fourth-order valence-electron chi connectivity index (χ4n) is 2.86. The lowest BCUT2D eigenvalue weighted by Crippen LogP contribution is -2.46. The van der Waals surface area contributed by atoms with E-state index >= 15 is 0 Å². The molecule has 7 heteroatoms. The Hall–Kier alpha value is -2.57. The maximum Gasteiger partial charge on any atom is 0.314 e. The first-order valence-corrected chi connectivity index (χ1v) is 8.29. The minimum Gasteiger partial charge on any atom is -0.351 e. The largest absolute Gasteiger partial charge is 0.351 e. The number of carbonyl (C=O) groups is 3. The molecular formula is C17H22N4O3. The van der Waals surface area contributed by atoms with Crippen LogP contribution in [0.3, 0.4) is 0 Å². The molecule has 0 radical (unpaired) electrons. The average Bonchev–Trinajstić information content (AvgIpc) is 3.41. The second-order valence-electron chi connectivity index (χ2n) is 6.45. The number of nitrogens with two attached hydrogens (primary N) is 1. The number of benzene rings is 1. The topological polar surface area (TPSA) is 105 Å². The van der Waals surface area contributed by atoms with Crippen LogP contribution in [0.5, 0.6) is 0 Å². The number of hydrogen-bond donors (Lipinski definition) is 3. The van der Waals surface area contributed by atoms with Gasteiger partial charge >= 0.3 is 6.03 Å². The summed E-state index contributed by atoms with van der Waals surface area (Å²) in [5.74, 6) is -0.152. The van der Waals surface area contributed by atoms with E-state index in [1.54, 1.807) is 24.3 Å². The first kappa shape index (κ1) is 16.3. The van der Waals surface area contributed by atoms with E-state index < -0.39 is 6.03 Å². The normalized spacial score (nSPS) is 20.3. The monoisotopic (exact) mass is 330 g/mol. The van der Waals surface area contributed by atoms with Crippen molar-refractivity contribution < 1.29 is 14.4 Å². The standard InChI is InChI=1S/C17H22N4O3/c18-17(24)21-9-1-2-12(10-21)16(23)20-14-7-5-13(6-8-14)19-15(22)11-3-4-11/h5-8,11-12H,1-4,9-10H2,(H2,18,24)(H,19,22)(H,20,23)/t12-/m0/s1. The van der Waals surface area contributed by atoms with Crippen LogP contribution < -0.4 is 16.4 Å². The highest BCUT2D eigenvalue weighted by Gasteiger charge is 2.29. The summed E-state index contributed by atoms with van der Waals surface area (Å²) in [4.78, 5) is 36.8. The molecule has 2 aliphatic rings. The third-order valence-electron chi connectivity index (χ3n) is 4.47. The maximum atomic E-state index is 12.3. The van der Waals surface area contributed by atoms with Crippen LogP contribution in [0.15, 0.2) is 24.3 Å². The number of carbonyl (C=O) groups excluding carboxylic acids is 3. The second-order valence-corrected chi connectivity index (χ2v) is 6.45. The number of nitrogens with one attached hydrogen (secondary N) is 2. The van der Waals surface area contributed by atoms with Gasteiger partial charge in [-0.15, -0.1) is 0 Å². The van der Waals surface area contributed by atoms with Gasteiger partial charge in [-0.05, 0) is 49.9 Å². The Morgan fingerprint density at radius 3 is 1.96 bits per heavy atom. The zero-order valence-electron chi connectivity index (χ0n) is 13.5.